The minimum Gasteiger partial charge on any atom is -0.377 e. The Morgan fingerprint density at radius 2 is 1.87 bits per heavy atom. The standard InChI is InChI=1S/C12H15F2N/c1-8-4-2-7-11(8)15-12-9(13)5-3-6-10(12)14/h3,5-6,8,11,15H,2,4,7H2,1H3. The van der Waals surface area contributed by atoms with Crippen molar-refractivity contribution >= 4 is 5.69 Å². The molecule has 3 heteroatoms. The van der Waals surface area contributed by atoms with E-state index in [0.29, 0.717) is 5.92 Å². The predicted molar refractivity (Wildman–Crippen MR) is 56.8 cm³/mol. The van der Waals surface area contributed by atoms with Crippen molar-refractivity contribution in [3.63, 3.8) is 0 Å². The van der Waals surface area contributed by atoms with Crippen molar-refractivity contribution in [2.24, 2.45) is 5.92 Å². The molecular formula is C12H15F2N. The third kappa shape index (κ3) is 2.11. The average Bonchev–Trinajstić information content (AvgIpc) is 2.58. The quantitative estimate of drug-likeness (QED) is 0.788. The molecule has 0 bridgehead atoms. The van der Waals surface area contributed by atoms with Crippen molar-refractivity contribution in [3.05, 3.63) is 29.8 Å². The summed E-state index contributed by atoms with van der Waals surface area (Å²) in [5.41, 5.74) is 0.0243. The first-order chi connectivity index (χ1) is 7.18. The fourth-order valence-corrected chi connectivity index (χ4v) is 2.18. The van der Waals surface area contributed by atoms with Gasteiger partial charge in [-0.2, -0.15) is 0 Å². The smallest absolute Gasteiger partial charge is 0.149 e. The highest BCUT2D eigenvalue weighted by atomic mass is 19.1. The second-order valence-electron chi connectivity index (χ2n) is 4.26. The van der Waals surface area contributed by atoms with E-state index >= 15 is 0 Å². The number of rotatable bonds is 2. The molecule has 1 aliphatic carbocycles. The van der Waals surface area contributed by atoms with Crippen molar-refractivity contribution in [2.45, 2.75) is 32.2 Å². The Labute approximate surface area is 88.5 Å². The fraction of sp³-hybridized carbons (Fsp3) is 0.500. The highest BCUT2D eigenvalue weighted by Crippen LogP contribution is 2.29. The van der Waals surface area contributed by atoms with E-state index in [0.717, 1.165) is 19.3 Å². The summed E-state index contributed by atoms with van der Waals surface area (Å²) in [4.78, 5) is 0. The molecule has 1 fully saturated rings. The van der Waals surface area contributed by atoms with Crippen LogP contribution in [0.3, 0.4) is 0 Å². The molecule has 1 N–H and O–H groups in total. The van der Waals surface area contributed by atoms with Gasteiger partial charge < -0.3 is 5.32 Å². The van der Waals surface area contributed by atoms with Crippen LogP contribution in [0.25, 0.3) is 0 Å². The number of anilines is 1. The molecule has 0 spiro atoms. The molecule has 0 heterocycles. The zero-order chi connectivity index (χ0) is 10.8. The molecule has 15 heavy (non-hydrogen) atoms. The number of benzene rings is 1. The van der Waals surface area contributed by atoms with Crippen LogP contribution in [-0.2, 0) is 0 Å². The summed E-state index contributed by atoms with van der Waals surface area (Å²) < 4.78 is 26.7. The Kier molecular flexibility index (Phi) is 2.89. The maximum Gasteiger partial charge on any atom is 0.149 e. The lowest BCUT2D eigenvalue weighted by Gasteiger charge is -2.19. The van der Waals surface area contributed by atoms with Crippen LogP contribution in [0, 0.1) is 17.6 Å². The number of nitrogens with one attached hydrogen (secondary N) is 1. The van der Waals surface area contributed by atoms with Crippen molar-refractivity contribution in [1.82, 2.24) is 0 Å². The van der Waals surface area contributed by atoms with Gasteiger partial charge in [-0.1, -0.05) is 19.4 Å². The van der Waals surface area contributed by atoms with E-state index in [9.17, 15) is 8.78 Å². The molecule has 0 aromatic heterocycles. The summed E-state index contributed by atoms with van der Waals surface area (Å²) in [6.07, 6.45) is 3.26. The lowest BCUT2D eigenvalue weighted by atomic mass is 10.1. The average molecular weight is 211 g/mol. The van der Waals surface area contributed by atoms with Gasteiger partial charge in [-0.15, -0.1) is 0 Å². The van der Waals surface area contributed by atoms with Crippen molar-refractivity contribution in [3.8, 4) is 0 Å². The monoisotopic (exact) mass is 211 g/mol. The molecule has 2 rings (SSSR count). The van der Waals surface area contributed by atoms with Gasteiger partial charge in [0.05, 0.1) is 0 Å². The van der Waals surface area contributed by atoms with Gasteiger partial charge in [0.2, 0.25) is 0 Å². The molecule has 1 aromatic rings. The number of hydrogen-bond acceptors (Lipinski definition) is 1. The Balaban J connectivity index is 2.16. The van der Waals surface area contributed by atoms with Crippen molar-refractivity contribution in [1.29, 1.82) is 0 Å². The zero-order valence-corrected chi connectivity index (χ0v) is 8.76. The SMILES string of the molecule is CC1CCCC1Nc1c(F)cccc1F. The summed E-state index contributed by atoms with van der Waals surface area (Å²) in [6.45, 7) is 2.11. The predicted octanol–water partition coefficient (Wildman–Crippen LogP) is 3.57. The summed E-state index contributed by atoms with van der Waals surface area (Å²) in [5, 5.41) is 2.98. The van der Waals surface area contributed by atoms with E-state index < -0.39 is 11.6 Å². The van der Waals surface area contributed by atoms with Crippen LogP contribution in [-0.4, -0.2) is 6.04 Å². The minimum absolute atomic E-state index is 0.0243. The van der Waals surface area contributed by atoms with Gasteiger partial charge in [-0.25, -0.2) is 8.78 Å². The van der Waals surface area contributed by atoms with E-state index in [1.54, 1.807) is 0 Å². The van der Waals surface area contributed by atoms with Gasteiger partial charge in [0.1, 0.15) is 17.3 Å². The molecule has 2 atom stereocenters. The maximum absolute atomic E-state index is 13.3. The van der Waals surface area contributed by atoms with Crippen molar-refractivity contribution < 1.29 is 8.78 Å². The largest absolute Gasteiger partial charge is 0.377 e. The van der Waals surface area contributed by atoms with E-state index in [4.69, 9.17) is 0 Å². The molecule has 1 saturated carbocycles. The Morgan fingerprint density at radius 3 is 2.40 bits per heavy atom. The zero-order valence-electron chi connectivity index (χ0n) is 8.76. The summed E-state index contributed by atoms with van der Waals surface area (Å²) in [6, 6.07) is 4.15. The Bertz CT molecular complexity index is 331. The van der Waals surface area contributed by atoms with Crippen LogP contribution in [0.4, 0.5) is 14.5 Å². The Morgan fingerprint density at radius 1 is 1.20 bits per heavy atom. The van der Waals surface area contributed by atoms with E-state index in [1.165, 1.54) is 18.2 Å². The second kappa shape index (κ2) is 4.17. The summed E-state index contributed by atoms with van der Waals surface area (Å²) in [7, 11) is 0. The molecule has 1 aliphatic rings. The molecule has 2 unspecified atom stereocenters. The first-order valence-corrected chi connectivity index (χ1v) is 5.39. The van der Waals surface area contributed by atoms with E-state index in [1.807, 2.05) is 0 Å². The van der Waals surface area contributed by atoms with Gasteiger partial charge in [-0.3, -0.25) is 0 Å². The molecule has 0 saturated heterocycles. The van der Waals surface area contributed by atoms with Crippen LogP contribution in [0.15, 0.2) is 18.2 Å². The second-order valence-corrected chi connectivity index (χ2v) is 4.26. The fourth-order valence-electron chi connectivity index (χ4n) is 2.18. The first kappa shape index (κ1) is 10.4. The van der Waals surface area contributed by atoms with E-state index in [-0.39, 0.29) is 11.7 Å². The van der Waals surface area contributed by atoms with Gasteiger partial charge in [0, 0.05) is 6.04 Å². The van der Waals surface area contributed by atoms with Crippen LogP contribution >= 0.6 is 0 Å². The molecule has 82 valence electrons. The lowest BCUT2D eigenvalue weighted by Crippen LogP contribution is -2.23. The molecule has 0 amide bonds. The number of halogens is 2. The topological polar surface area (TPSA) is 12.0 Å². The number of para-hydroxylation sites is 1. The van der Waals surface area contributed by atoms with Crippen LogP contribution in [0.2, 0.25) is 0 Å². The number of hydrogen-bond donors (Lipinski definition) is 1. The molecule has 0 aliphatic heterocycles. The highest BCUT2D eigenvalue weighted by molar-refractivity contribution is 5.47. The van der Waals surface area contributed by atoms with Gasteiger partial charge >= 0.3 is 0 Å². The van der Waals surface area contributed by atoms with E-state index in [2.05, 4.69) is 12.2 Å². The lowest BCUT2D eigenvalue weighted by molar-refractivity contribution is 0.537. The van der Waals surface area contributed by atoms with Gasteiger partial charge in [-0.05, 0) is 30.9 Å². The molecular weight excluding hydrogens is 196 g/mol. The molecule has 1 aromatic carbocycles. The minimum atomic E-state index is -0.505. The maximum atomic E-state index is 13.3. The van der Waals surface area contributed by atoms with Crippen molar-refractivity contribution in [2.75, 3.05) is 5.32 Å². The Hall–Kier alpha value is -1.12. The third-order valence-corrected chi connectivity index (χ3v) is 3.15. The molecule has 1 nitrogen and oxygen atoms in total. The normalized spacial score (nSPS) is 25.5. The highest BCUT2D eigenvalue weighted by Gasteiger charge is 2.24. The van der Waals surface area contributed by atoms with Crippen LogP contribution < -0.4 is 5.32 Å². The molecule has 0 radical (unpaired) electrons. The van der Waals surface area contributed by atoms with Gasteiger partial charge in [0.15, 0.2) is 0 Å². The summed E-state index contributed by atoms with van der Waals surface area (Å²) in [5.74, 6) is -0.521. The van der Waals surface area contributed by atoms with Crippen LogP contribution in [0.5, 0.6) is 0 Å². The first-order valence-electron chi connectivity index (χ1n) is 5.39. The van der Waals surface area contributed by atoms with Gasteiger partial charge in [0.25, 0.3) is 0 Å². The van der Waals surface area contributed by atoms with Crippen LogP contribution in [0.1, 0.15) is 26.2 Å². The third-order valence-electron chi connectivity index (χ3n) is 3.15. The summed E-state index contributed by atoms with van der Waals surface area (Å²) >= 11 is 0.